The monoisotopic (exact) mass is 965 g/mol. The van der Waals surface area contributed by atoms with E-state index >= 15 is 0 Å². The average Bonchev–Trinajstić information content (AvgIpc) is 3.40. The lowest BCUT2D eigenvalue weighted by atomic mass is 10.0. The van der Waals surface area contributed by atoms with Crippen molar-refractivity contribution in [3.8, 4) is 57.1 Å². The minimum absolute atomic E-state index is 0.0835. The van der Waals surface area contributed by atoms with Crippen LogP contribution in [0.1, 0.15) is 13.3 Å². The highest BCUT2D eigenvalue weighted by Gasteiger charge is 2.30. The van der Waals surface area contributed by atoms with E-state index in [-0.39, 0.29) is 13.0 Å². The van der Waals surface area contributed by atoms with Gasteiger partial charge >= 0.3 is 0 Å². The minimum Gasteiger partial charge on any atom is -0.497 e. The predicted molar refractivity (Wildman–Crippen MR) is 284 cm³/mol. The molecule has 12 heteroatoms. The summed E-state index contributed by atoms with van der Waals surface area (Å²) in [4.78, 5) is 8.57. The average molecular weight is 966 g/mol. The van der Waals surface area contributed by atoms with Gasteiger partial charge in [-0.1, -0.05) is 66.2 Å². The van der Waals surface area contributed by atoms with Crippen LogP contribution in [0.25, 0.3) is 22.3 Å². The Kier molecular flexibility index (Phi) is 14.0. The Morgan fingerprint density at radius 3 is 1.10 bits per heavy atom. The van der Waals surface area contributed by atoms with Gasteiger partial charge in [-0.15, -0.1) is 5.92 Å². The molecule has 10 nitrogen and oxygen atoms in total. The van der Waals surface area contributed by atoms with Crippen molar-refractivity contribution < 1.29 is 31.9 Å². The number of benzene rings is 8. The lowest BCUT2D eigenvalue weighted by molar-refractivity contribution is 0.414. The highest BCUT2D eigenvalue weighted by atomic mass is 32.2. The Morgan fingerprint density at radius 2 is 0.814 bits per heavy atom. The number of fused-ring (bicyclic) bond motifs is 2. The van der Waals surface area contributed by atoms with E-state index in [9.17, 15) is 13.0 Å². The summed E-state index contributed by atoms with van der Waals surface area (Å²) in [6, 6.07) is 61.4. The summed E-state index contributed by atoms with van der Waals surface area (Å²) in [5.41, 5.74) is 11.7. The molecule has 0 bridgehead atoms. The molecule has 0 radical (unpaired) electrons. The molecule has 0 fully saturated rings. The zero-order valence-electron chi connectivity index (χ0n) is 39.4. The van der Waals surface area contributed by atoms with Crippen LogP contribution in [0.3, 0.4) is 0 Å². The van der Waals surface area contributed by atoms with Crippen molar-refractivity contribution in [3.05, 3.63) is 182 Å². The molecule has 0 aliphatic carbocycles. The van der Waals surface area contributed by atoms with E-state index in [1.807, 2.05) is 109 Å². The lowest BCUT2D eigenvalue weighted by Crippen LogP contribution is -2.28. The Morgan fingerprint density at radius 1 is 0.500 bits per heavy atom. The first-order valence-corrected chi connectivity index (χ1v) is 24.9. The molecule has 70 heavy (non-hydrogen) atoms. The molecule has 9 rings (SSSR count). The number of anilines is 8. The van der Waals surface area contributed by atoms with Gasteiger partial charge < -0.3 is 33.6 Å². The first-order valence-electron chi connectivity index (χ1n) is 22.6. The zero-order valence-corrected chi connectivity index (χ0v) is 41.0. The maximum absolute atomic E-state index is 12.6. The largest absolute Gasteiger partial charge is 0.497 e. The van der Waals surface area contributed by atoms with Crippen LogP contribution in [0.2, 0.25) is 0 Å². The molecule has 1 heterocycles. The smallest absolute Gasteiger partial charge is 0.279 e. The number of hydrogen-bond donors (Lipinski definition) is 1. The van der Waals surface area contributed by atoms with E-state index in [1.54, 1.807) is 47.1 Å². The van der Waals surface area contributed by atoms with Crippen LogP contribution in [-0.2, 0) is 10.1 Å². The Labute approximate surface area is 414 Å². The Bertz CT molecular complexity index is 2980. The zero-order chi connectivity index (χ0) is 48.8. The molecule has 0 amide bonds. The van der Waals surface area contributed by atoms with Gasteiger partial charge in [0.05, 0.1) is 39.8 Å². The van der Waals surface area contributed by atoms with Gasteiger partial charge in [0.25, 0.3) is 10.1 Å². The van der Waals surface area contributed by atoms with Crippen molar-refractivity contribution in [2.75, 3.05) is 49.7 Å². The van der Waals surface area contributed by atoms with Crippen molar-refractivity contribution in [1.29, 1.82) is 0 Å². The quantitative estimate of drug-likeness (QED) is 0.0740. The van der Waals surface area contributed by atoms with E-state index < -0.39 is 15.4 Å². The van der Waals surface area contributed by atoms with E-state index in [0.717, 1.165) is 101 Å². The molecule has 0 saturated carbocycles. The summed E-state index contributed by atoms with van der Waals surface area (Å²) in [5, 5.41) is -1.25. The summed E-state index contributed by atoms with van der Waals surface area (Å²) < 4.78 is 57.3. The number of nitrogens with zero attached hydrogens (tertiary/aromatic N) is 3. The van der Waals surface area contributed by atoms with Crippen LogP contribution in [0.5, 0.6) is 23.0 Å². The van der Waals surface area contributed by atoms with E-state index in [0.29, 0.717) is 0 Å². The summed E-state index contributed by atoms with van der Waals surface area (Å²) in [6.07, 6.45) is 0.0835. The molecule has 352 valence electrons. The fourth-order valence-electron chi connectivity index (χ4n) is 8.72. The van der Waals surface area contributed by atoms with Crippen molar-refractivity contribution >= 4 is 67.4 Å². The molecule has 8 aromatic carbocycles. The van der Waals surface area contributed by atoms with Gasteiger partial charge in [0, 0.05) is 50.5 Å². The normalized spacial score (nSPS) is 12.1. The van der Waals surface area contributed by atoms with Crippen molar-refractivity contribution in [2.45, 2.75) is 28.4 Å². The molecule has 0 saturated heterocycles. The molecule has 1 aliphatic rings. The highest BCUT2D eigenvalue weighted by Crippen LogP contribution is 2.55. The maximum atomic E-state index is 12.6. The highest BCUT2D eigenvalue weighted by molar-refractivity contribution is 8.00. The van der Waals surface area contributed by atoms with Gasteiger partial charge in [-0.25, -0.2) is 0 Å². The van der Waals surface area contributed by atoms with E-state index in [1.165, 1.54) is 0 Å². The molecule has 1 unspecified atom stereocenters. The minimum atomic E-state index is -4.44. The van der Waals surface area contributed by atoms with Gasteiger partial charge in [0.1, 0.15) is 28.2 Å². The van der Waals surface area contributed by atoms with Crippen LogP contribution < -0.4 is 33.6 Å². The standard InChI is InChI=1S/C58H51N3O7S2/c1-6-9-52(70(62,63)64)38-39-59-55-12-7-10-53(40-14-18-42(19-15-40)60(44-22-30-48(65-2)31-23-44)45-24-32-49(66-3)33-25-45)57(55)69-58-54(11-8-13-56(58)59)41-16-20-43(21-17-41)61(46-26-34-50(67-4)35-27-46)47-28-36-51(68-5)37-29-47/h7-8,10-37,52H,38-39H2,1-5H3,(H,62,63,64). The molecule has 1 atom stereocenters. The predicted octanol–water partition coefficient (Wildman–Crippen LogP) is 14.3. The SMILES string of the molecule is CC#CC(CCN1c2cccc(-c3ccc(N(c4ccc(OC)cc4)c4ccc(OC)cc4)cc3)c2Sc2c(-c3ccc(N(c4ccc(OC)cc4)c4ccc(OC)cc4)cc3)cccc21)S(=O)(=O)O. The van der Waals surface area contributed by atoms with Gasteiger partial charge in [-0.05, 0) is 169 Å². The van der Waals surface area contributed by atoms with Crippen molar-refractivity contribution in [3.63, 3.8) is 0 Å². The molecule has 0 spiro atoms. The molecule has 0 aromatic heterocycles. The van der Waals surface area contributed by atoms with Gasteiger partial charge in [-0.3, -0.25) is 4.55 Å². The fourth-order valence-corrected chi connectivity index (χ4v) is 10.8. The maximum Gasteiger partial charge on any atom is 0.279 e. The van der Waals surface area contributed by atoms with Crippen LogP contribution >= 0.6 is 11.8 Å². The van der Waals surface area contributed by atoms with E-state index in [4.69, 9.17) is 18.9 Å². The van der Waals surface area contributed by atoms with Gasteiger partial charge in [0.2, 0.25) is 0 Å². The van der Waals surface area contributed by atoms with Crippen LogP contribution in [0, 0.1) is 11.8 Å². The number of methoxy groups -OCH3 is 4. The van der Waals surface area contributed by atoms with Gasteiger partial charge in [0.15, 0.2) is 0 Å². The van der Waals surface area contributed by atoms with Crippen LogP contribution in [-0.4, -0.2) is 53.2 Å². The third kappa shape index (κ3) is 9.86. The summed E-state index contributed by atoms with van der Waals surface area (Å²) in [6.45, 7) is 1.86. The van der Waals surface area contributed by atoms with Crippen molar-refractivity contribution in [2.24, 2.45) is 0 Å². The number of ether oxygens (including phenoxy) is 4. The second-order valence-electron chi connectivity index (χ2n) is 16.3. The third-order valence-electron chi connectivity index (χ3n) is 12.2. The summed E-state index contributed by atoms with van der Waals surface area (Å²) in [7, 11) is 2.19. The number of hydrogen-bond acceptors (Lipinski definition) is 10. The Hall–Kier alpha value is -7.82. The van der Waals surface area contributed by atoms with Crippen LogP contribution in [0.15, 0.2) is 192 Å². The summed E-state index contributed by atoms with van der Waals surface area (Å²) in [5.74, 6) is 8.51. The van der Waals surface area contributed by atoms with Gasteiger partial charge in [-0.2, -0.15) is 8.42 Å². The second-order valence-corrected chi connectivity index (χ2v) is 18.9. The fraction of sp³-hybridized carbons (Fsp3) is 0.138. The Balaban J connectivity index is 1.12. The first-order chi connectivity index (χ1) is 34.1. The van der Waals surface area contributed by atoms with Crippen molar-refractivity contribution in [1.82, 2.24) is 0 Å². The lowest BCUT2D eigenvalue weighted by Gasteiger charge is -2.35. The molecular weight excluding hydrogens is 915 g/mol. The molecule has 1 aliphatic heterocycles. The molecule has 1 N–H and O–H groups in total. The number of rotatable bonds is 16. The third-order valence-corrected chi connectivity index (χ3v) is 14.6. The summed E-state index contributed by atoms with van der Waals surface area (Å²) >= 11 is 1.70. The van der Waals surface area contributed by atoms with E-state index in [2.05, 4.69) is 99.3 Å². The first kappa shape index (κ1) is 47.3. The van der Waals surface area contributed by atoms with Crippen LogP contribution in [0.4, 0.5) is 45.5 Å². The molecular formula is C58H51N3O7S2. The topological polar surface area (TPSA) is 101 Å². The molecule has 8 aromatic rings. The second kappa shape index (κ2) is 20.8.